The fourth-order valence-corrected chi connectivity index (χ4v) is 3.42. The smallest absolute Gasteiger partial charge is 0.238 e. The second-order valence-corrected chi connectivity index (χ2v) is 6.89. The van der Waals surface area contributed by atoms with Gasteiger partial charge < -0.3 is 15.0 Å². The van der Waals surface area contributed by atoms with Gasteiger partial charge in [-0.25, -0.2) is 0 Å². The molecule has 1 atom stereocenters. The number of anilines is 1. The zero-order valence-electron chi connectivity index (χ0n) is 16.2. The summed E-state index contributed by atoms with van der Waals surface area (Å²) in [6.07, 6.45) is 4.21. The van der Waals surface area contributed by atoms with Gasteiger partial charge in [-0.1, -0.05) is 19.1 Å². The van der Waals surface area contributed by atoms with Crippen LogP contribution in [0.15, 0.2) is 24.3 Å². The normalized spacial score (nSPS) is 17.2. The zero-order valence-corrected chi connectivity index (χ0v) is 16.2. The number of carbonyl (C=O) groups excluding carboxylic acids is 2. The third kappa shape index (κ3) is 5.73. The molecule has 0 aliphatic carbocycles. The van der Waals surface area contributed by atoms with Crippen LogP contribution in [-0.2, 0) is 9.59 Å². The van der Waals surface area contributed by atoms with E-state index in [4.69, 9.17) is 4.74 Å². The van der Waals surface area contributed by atoms with Crippen LogP contribution in [0.1, 0.15) is 39.5 Å². The molecule has 1 unspecified atom stereocenters. The molecule has 0 aromatic heterocycles. The van der Waals surface area contributed by atoms with Gasteiger partial charge in [0.1, 0.15) is 5.75 Å². The van der Waals surface area contributed by atoms with E-state index >= 15 is 0 Å². The van der Waals surface area contributed by atoms with E-state index in [0.29, 0.717) is 24.0 Å². The van der Waals surface area contributed by atoms with E-state index in [1.165, 1.54) is 6.42 Å². The molecule has 1 N–H and O–H groups in total. The molecule has 1 saturated heterocycles. The number of carbonyl (C=O) groups is 2. The molecule has 0 spiro atoms. The first-order valence-corrected chi connectivity index (χ1v) is 9.49. The molecule has 2 amide bonds. The Balaban J connectivity index is 1.94. The predicted molar refractivity (Wildman–Crippen MR) is 103 cm³/mol. The predicted octanol–water partition coefficient (Wildman–Crippen LogP) is 2.75. The zero-order chi connectivity index (χ0) is 18.9. The van der Waals surface area contributed by atoms with Crippen molar-refractivity contribution in [3.05, 3.63) is 24.3 Å². The Bertz CT molecular complexity index is 606. The van der Waals surface area contributed by atoms with Crippen molar-refractivity contribution in [2.24, 2.45) is 0 Å². The number of amides is 2. The number of likely N-dealkylation sites (tertiary alicyclic amines) is 1. The van der Waals surface area contributed by atoms with Crippen LogP contribution in [0.4, 0.5) is 5.69 Å². The maximum Gasteiger partial charge on any atom is 0.238 e. The molecule has 2 rings (SSSR count). The Kier molecular flexibility index (Phi) is 7.91. The van der Waals surface area contributed by atoms with Crippen LogP contribution in [0.3, 0.4) is 0 Å². The van der Waals surface area contributed by atoms with Crippen molar-refractivity contribution in [2.75, 3.05) is 38.6 Å². The van der Waals surface area contributed by atoms with E-state index in [-0.39, 0.29) is 24.9 Å². The summed E-state index contributed by atoms with van der Waals surface area (Å²) in [5.74, 6) is 0.610. The Labute approximate surface area is 156 Å². The molecule has 0 radical (unpaired) electrons. The third-order valence-electron chi connectivity index (χ3n) is 4.77. The minimum Gasteiger partial charge on any atom is -0.495 e. The first kappa shape index (κ1) is 20.2. The Hall–Kier alpha value is -2.08. The van der Waals surface area contributed by atoms with E-state index in [1.54, 1.807) is 13.2 Å². The molecule has 144 valence electrons. The van der Waals surface area contributed by atoms with Gasteiger partial charge in [-0.2, -0.15) is 0 Å². The summed E-state index contributed by atoms with van der Waals surface area (Å²) < 4.78 is 5.27. The minimum atomic E-state index is -0.137. The van der Waals surface area contributed by atoms with Crippen molar-refractivity contribution >= 4 is 17.5 Å². The average molecular weight is 361 g/mol. The van der Waals surface area contributed by atoms with Gasteiger partial charge in [0.05, 0.1) is 25.9 Å². The highest BCUT2D eigenvalue weighted by molar-refractivity contribution is 5.94. The Morgan fingerprint density at radius 2 is 2.04 bits per heavy atom. The summed E-state index contributed by atoms with van der Waals surface area (Å²) in [7, 11) is 1.58. The fraction of sp³-hybridized carbons (Fsp3) is 0.600. The van der Waals surface area contributed by atoms with Gasteiger partial charge in [-0.05, 0) is 51.3 Å². The van der Waals surface area contributed by atoms with Crippen LogP contribution in [0.2, 0.25) is 0 Å². The number of ether oxygens (including phenoxy) is 1. The van der Waals surface area contributed by atoms with Crippen molar-refractivity contribution in [3.63, 3.8) is 0 Å². The van der Waals surface area contributed by atoms with Gasteiger partial charge in [-0.15, -0.1) is 0 Å². The van der Waals surface area contributed by atoms with Crippen molar-refractivity contribution in [1.82, 2.24) is 9.80 Å². The second-order valence-electron chi connectivity index (χ2n) is 6.89. The molecular formula is C20H31N3O3. The summed E-state index contributed by atoms with van der Waals surface area (Å²) in [5, 5.41) is 2.88. The number of hydrogen-bond acceptors (Lipinski definition) is 4. The van der Waals surface area contributed by atoms with Crippen molar-refractivity contribution in [2.45, 2.75) is 45.6 Å². The van der Waals surface area contributed by atoms with Crippen LogP contribution in [0.5, 0.6) is 5.75 Å². The summed E-state index contributed by atoms with van der Waals surface area (Å²) in [4.78, 5) is 29.0. The molecule has 1 aliphatic heterocycles. The molecular weight excluding hydrogens is 330 g/mol. The van der Waals surface area contributed by atoms with Gasteiger partial charge in [0.25, 0.3) is 0 Å². The van der Waals surface area contributed by atoms with Gasteiger partial charge in [0, 0.05) is 12.6 Å². The van der Waals surface area contributed by atoms with Crippen molar-refractivity contribution in [1.29, 1.82) is 0 Å². The van der Waals surface area contributed by atoms with Crippen LogP contribution in [0.25, 0.3) is 0 Å². The number of nitrogens with one attached hydrogen (secondary N) is 1. The molecule has 26 heavy (non-hydrogen) atoms. The van der Waals surface area contributed by atoms with Crippen molar-refractivity contribution in [3.8, 4) is 5.75 Å². The molecule has 1 aromatic carbocycles. The van der Waals surface area contributed by atoms with Crippen LogP contribution >= 0.6 is 0 Å². The summed E-state index contributed by atoms with van der Waals surface area (Å²) in [5.41, 5.74) is 0.646. The molecule has 1 aliphatic rings. The molecule has 1 heterocycles. The maximum atomic E-state index is 12.7. The monoisotopic (exact) mass is 361 g/mol. The number of rotatable bonds is 8. The topological polar surface area (TPSA) is 61.9 Å². The lowest BCUT2D eigenvalue weighted by molar-refractivity contribution is -0.136. The average Bonchev–Trinajstić information content (AvgIpc) is 2.62. The van der Waals surface area contributed by atoms with Gasteiger partial charge in [0.2, 0.25) is 11.8 Å². The van der Waals surface area contributed by atoms with Crippen LogP contribution < -0.4 is 10.1 Å². The molecule has 1 aromatic rings. The highest BCUT2D eigenvalue weighted by Gasteiger charge is 2.25. The third-order valence-corrected chi connectivity index (χ3v) is 4.77. The lowest BCUT2D eigenvalue weighted by Crippen LogP contribution is -2.48. The summed E-state index contributed by atoms with van der Waals surface area (Å²) >= 11 is 0. The SMILES string of the molecule is CCCN(CC(=O)Nc1ccccc1OC)CC(=O)N1CCCCC1C. The molecule has 0 bridgehead atoms. The van der Waals surface area contributed by atoms with E-state index in [2.05, 4.69) is 19.2 Å². The van der Waals surface area contributed by atoms with Gasteiger partial charge >= 0.3 is 0 Å². The van der Waals surface area contributed by atoms with Crippen LogP contribution in [-0.4, -0.2) is 60.9 Å². The van der Waals surface area contributed by atoms with E-state index in [0.717, 1.165) is 25.8 Å². The standard InChI is InChI=1S/C20H31N3O3/c1-4-12-22(15-20(25)23-13-8-7-9-16(23)2)14-19(24)21-17-10-5-6-11-18(17)26-3/h5-6,10-11,16H,4,7-9,12-15H2,1-3H3,(H,21,24). The van der Waals surface area contributed by atoms with E-state index in [1.807, 2.05) is 28.0 Å². The fourth-order valence-electron chi connectivity index (χ4n) is 3.42. The molecule has 1 fully saturated rings. The lowest BCUT2D eigenvalue weighted by Gasteiger charge is -2.35. The number of para-hydroxylation sites is 2. The first-order valence-electron chi connectivity index (χ1n) is 9.49. The number of piperidine rings is 1. The minimum absolute atomic E-state index is 0.121. The summed E-state index contributed by atoms with van der Waals surface area (Å²) in [6.45, 7) is 6.19. The second kappa shape index (κ2) is 10.2. The summed E-state index contributed by atoms with van der Waals surface area (Å²) in [6, 6.07) is 7.61. The Morgan fingerprint density at radius 3 is 2.73 bits per heavy atom. The van der Waals surface area contributed by atoms with Crippen molar-refractivity contribution < 1.29 is 14.3 Å². The van der Waals surface area contributed by atoms with E-state index < -0.39 is 0 Å². The number of nitrogens with zero attached hydrogens (tertiary/aromatic N) is 2. The van der Waals surface area contributed by atoms with E-state index in [9.17, 15) is 9.59 Å². The van der Waals surface area contributed by atoms with Gasteiger partial charge in [0.15, 0.2) is 0 Å². The maximum absolute atomic E-state index is 12.7. The number of hydrogen-bond donors (Lipinski definition) is 1. The van der Waals surface area contributed by atoms with Crippen LogP contribution in [0, 0.1) is 0 Å². The number of methoxy groups -OCH3 is 1. The number of benzene rings is 1. The largest absolute Gasteiger partial charge is 0.495 e. The quantitative estimate of drug-likeness (QED) is 0.773. The lowest BCUT2D eigenvalue weighted by atomic mass is 10.0. The first-order chi connectivity index (χ1) is 12.5. The molecule has 0 saturated carbocycles. The highest BCUT2D eigenvalue weighted by Crippen LogP contribution is 2.23. The van der Waals surface area contributed by atoms with Gasteiger partial charge in [-0.3, -0.25) is 14.5 Å². The Morgan fingerprint density at radius 1 is 1.27 bits per heavy atom. The highest BCUT2D eigenvalue weighted by atomic mass is 16.5. The molecule has 6 heteroatoms. The molecule has 6 nitrogen and oxygen atoms in total.